The number of halogens is 1. The first kappa shape index (κ1) is 14.8. The molecule has 3 nitrogen and oxygen atoms in total. The van der Waals surface area contributed by atoms with Crippen LogP contribution >= 0.6 is 15.9 Å². The van der Waals surface area contributed by atoms with E-state index in [1.807, 2.05) is 0 Å². The molecule has 1 aliphatic rings. The largest absolute Gasteiger partial charge is 0.383 e. The molecule has 0 saturated heterocycles. The maximum atomic E-state index is 5.02. The van der Waals surface area contributed by atoms with E-state index < -0.39 is 0 Å². The van der Waals surface area contributed by atoms with Crippen LogP contribution < -0.4 is 10.2 Å². The molecule has 0 heterocycles. The van der Waals surface area contributed by atoms with Crippen LogP contribution in [0.1, 0.15) is 18.4 Å². The molecule has 0 radical (unpaired) electrons. The predicted molar refractivity (Wildman–Crippen MR) is 83.7 cm³/mol. The third-order valence-electron chi connectivity index (χ3n) is 3.50. The summed E-state index contributed by atoms with van der Waals surface area (Å²) in [5, 5.41) is 3.37. The molecule has 2 rings (SSSR count). The molecule has 1 aromatic rings. The van der Waals surface area contributed by atoms with E-state index in [1.165, 1.54) is 35.1 Å². The smallest absolute Gasteiger partial charge is 0.0587 e. The number of benzene rings is 1. The number of nitrogens with one attached hydrogen (secondary N) is 1. The van der Waals surface area contributed by atoms with Crippen molar-refractivity contribution in [2.45, 2.75) is 19.4 Å². The predicted octanol–water partition coefficient (Wildman–Crippen LogP) is 3.03. The summed E-state index contributed by atoms with van der Waals surface area (Å²) in [5.74, 6) is 0.916. The molecule has 4 heteroatoms. The van der Waals surface area contributed by atoms with Crippen LogP contribution in [0.4, 0.5) is 5.69 Å². The summed E-state index contributed by atoms with van der Waals surface area (Å²) in [5.41, 5.74) is 2.58. The lowest BCUT2D eigenvalue weighted by molar-refractivity contribution is 0.199. The zero-order valence-corrected chi connectivity index (χ0v) is 13.4. The van der Waals surface area contributed by atoms with Crippen molar-refractivity contribution in [2.24, 2.45) is 5.92 Å². The summed E-state index contributed by atoms with van der Waals surface area (Å²) >= 11 is 3.67. The van der Waals surface area contributed by atoms with Crippen molar-refractivity contribution in [2.75, 3.05) is 38.8 Å². The first-order valence-corrected chi connectivity index (χ1v) is 7.69. The van der Waals surface area contributed by atoms with Crippen LogP contribution in [0.2, 0.25) is 0 Å². The highest BCUT2D eigenvalue weighted by Gasteiger charge is 2.23. The highest BCUT2D eigenvalue weighted by molar-refractivity contribution is 9.10. The molecule has 1 aliphatic carbocycles. The molecule has 0 atom stereocenters. The van der Waals surface area contributed by atoms with Crippen LogP contribution in [0.5, 0.6) is 0 Å². The zero-order valence-electron chi connectivity index (χ0n) is 11.8. The monoisotopic (exact) mass is 326 g/mol. The Bertz CT molecular complexity index is 407. The molecule has 0 amide bonds. The second kappa shape index (κ2) is 7.27. The minimum atomic E-state index is 0.750. The van der Waals surface area contributed by atoms with Gasteiger partial charge in [-0.3, -0.25) is 0 Å². The molecule has 0 bridgehead atoms. The van der Waals surface area contributed by atoms with Gasteiger partial charge in [0, 0.05) is 44.0 Å². The topological polar surface area (TPSA) is 24.5 Å². The van der Waals surface area contributed by atoms with Gasteiger partial charge in [-0.2, -0.15) is 0 Å². The summed E-state index contributed by atoms with van der Waals surface area (Å²) in [4.78, 5) is 2.35. The van der Waals surface area contributed by atoms with Crippen molar-refractivity contribution in [1.29, 1.82) is 0 Å². The second-order valence-corrected chi connectivity index (χ2v) is 6.12. The molecule has 0 spiro atoms. The molecular formula is C15H23BrN2O. The molecule has 0 unspecified atom stereocenters. The van der Waals surface area contributed by atoms with Gasteiger partial charge in [0.2, 0.25) is 0 Å². The van der Waals surface area contributed by atoms with Crippen LogP contribution in [0.15, 0.2) is 22.7 Å². The normalized spacial score (nSPS) is 14.7. The van der Waals surface area contributed by atoms with E-state index >= 15 is 0 Å². The fourth-order valence-corrected chi connectivity index (χ4v) is 2.61. The lowest BCUT2D eigenvalue weighted by Crippen LogP contribution is -2.21. The standard InChI is InChI=1S/C15H23BrN2O/c1-18(11-12-3-4-12)14-6-5-13(15(16)9-14)10-17-7-8-19-2/h5-6,9,12,17H,3-4,7-8,10-11H2,1-2H3. The van der Waals surface area contributed by atoms with Crippen LogP contribution in [-0.4, -0.2) is 33.9 Å². The Morgan fingerprint density at radius 1 is 1.42 bits per heavy atom. The fraction of sp³-hybridized carbons (Fsp3) is 0.600. The van der Waals surface area contributed by atoms with E-state index in [-0.39, 0.29) is 0 Å². The van der Waals surface area contributed by atoms with E-state index in [2.05, 4.69) is 51.4 Å². The zero-order chi connectivity index (χ0) is 13.7. The molecule has 1 fully saturated rings. The molecular weight excluding hydrogens is 304 g/mol. The van der Waals surface area contributed by atoms with E-state index in [4.69, 9.17) is 4.74 Å². The van der Waals surface area contributed by atoms with Crippen LogP contribution in [0.25, 0.3) is 0 Å². The molecule has 0 aliphatic heterocycles. The highest BCUT2D eigenvalue weighted by atomic mass is 79.9. The number of anilines is 1. The lowest BCUT2D eigenvalue weighted by atomic mass is 10.2. The molecule has 1 aromatic carbocycles. The molecule has 1 N–H and O–H groups in total. The maximum absolute atomic E-state index is 5.02. The van der Waals surface area contributed by atoms with Gasteiger partial charge < -0.3 is 15.0 Å². The van der Waals surface area contributed by atoms with Crippen LogP contribution in [0, 0.1) is 5.92 Å². The summed E-state index contributed by atoms with van der Waals surface area (Å²) in [6.45, 7) is 3.68. The maximum Gasteiger partial charge on any atom is 0.0587 e. The van der Waals surface area contributed by atoms with Gasteiger partial charge in [0.25, 0.3) is 0 Å². The van der Waals surface area contributed by atoms with Crippen LogP contribution in [-0.2, 0) is 11.3 Å². The van der Waals surface area contributed by atoms with Crippen molar-refractivity contribution < 1.29 is 4.74 Å². The number of rotatable bonds is 8. The van der Waals surface area contributed by atoms with E-state index in [1.54, 1.807) is 7.11 Å². The fourth-order valence-electron chi connectivity index (χ4n) is 2.11. The minimum Gasteiger partial charge on any atom is -0.383 e. The number of ether oxygens (including phenoxy) is 1. The number of hydrogen-bond acceptors (Lipinski definition) is 3. The SMILES string of the molecule is COCCNCc1ccc(N(C)CC2CC2)cc1Br. The lowest BCUT2D eigenvalue weighted by Gasteiger charge is -2.20. The van der Waals surface area contributed by atoms with Crippen molar-refractivity contribution in [3.63, 3.8) is 0 Å². The van der Waals surface area contributed by atoms with Crippen molar-refractivity contribution >= 4 is 21.6 Å². The Morgan fingerprint density at radius 2 is 2.21 bits per heavy atom. The van der Waals surface area contributed by atoms with Crippen molar-refractivity contribution in [3.05, 3.63) is 28.2 Å². The van der Waals surface area contributed by atoms with E-state index in [9.17, 15) is 0 Å². The Kier molecular flexibility index (Phi) is 5.67. The van der Waals surface area contributed by atoms with Gasteiger partial charge in [-0.05, 0) is 36.5 Å². The number of hydrogen-bond donors (Lipinski definition) is 1. The Hall–Kier alpha value is -0.580. The highest BCUT2D eigenvalue weighted by Crippen LogP contribution is 2.31. The van der Waals surface area contributed by atoms with Gasteiger partial charge in [0.15, 0.2) is 0 Å². The van der Waals surface area contributed by atoms with Crippen molar-refractivity contribution in [1.82, 2.24) is 5.32 Å². The average Bonchev–Trinajstić information content (AvgIpc) is 3.20. The summed E-state index contributed by atoms with van der Waals surface area (Å²) in [6, 6.07) is 6.62. The summed E-state index contributed by atoms with van der Waals surface area (Å²) in [6.07, 6.45) is 2.79. The quantitative estimate of drug-likeness (QED) is 0.743. The van der Waals surface area contributed by atoms with E-state index in [0.717, 1.165) is 25.6 Å². The molecule has 0 aromatic heterocycles. The second-order valence-electron chi connectivity index (χ2n) is 5.27. The molecule has 19 heavy (non-hydrogen) atoms. The third-order valence-corrected chi connectivity index (χ3v) is 4.24. The van der Waals surface area contributed by atoms with Gasteiger partial charge in [0.1, 0.15) is 0 Å². The van der Waals surface area contributed by atoms with Crippen molar-refractivity contribution in [3.8, 4) is 0 Å². The first-order chi connectivity index (χ1) is 9.20. The minimum absolute atomic E-state index is 0.750. The number of methoxy groups -OCH3 is 1. The third kappa shape index (κ3) is 4.79. The van der Waals surface area contributed by atoms with Gasteiger partial charge in [-0.1, -0.05) is 22.0 Å². The summed E-state index contributed by atoms with van der Waals surface area (Å²) in [7, 11) is 3.90. The average molecular weight is 327 g/mol. The first-order valence-electron chi connectivity index (χ1n) is 6.90. The Morgan fingerprint density at radius 3 is 2.84 bits per heavy atom. The Labute approximate surface area is 124 Å². The van der Waals surface area contributed by atoms with Gasteiger partial charge >= 0.3 is 0 Å². The number of nitrogens with zero attached hydrogens (tertiary/aromatic N) is 1. The van der Waals surface area contributed by atoms with Gasteiger partial charge in [0.05, 0.1) is 6.61 Å². The van der Waals surface area contributed by atoms with E-state index in [0.29, 0.717) is 0 Å². The van der Waals surface area contributed by atoms with Crippen LogP contribution in [0.3, 0.4) is 0 Å². The summed E-state index contributed by atoms with van der Waals surface area (Å²) < 4.78 is 6.20. The van der Waals surface area contributed by atoms with Gasteiger partial charge in [-0.15, -0.1) is 0 Å². The molecule has 106 valence electrons. The van der Waals surface area contributed by atoms with Gasteiger partial charge in [-0.25, -0.2) is 0 Å². The molecule has 1 saturated carbocycles. The Balaban J connectivity index is 1.88.